The molecule has 2 rings (SSSR count). The van der Waals surface area contributed by atoms with Crippen LogP contribution >= 0.6 is 0 Å². The summed E-state index contributed by atoms with van der Waals surface area (Å²) in [6.45, 7) is 1.88. The number of carbonyl (C=O) groups excluding carboxylic acids is 1. The molecule has 1 saturated heterocycles. The quantitative estimate of drug-likeness (QED) is 0.735. The van der Waals surface area contributed by atoms with Crippen LogP contribution in [0, 0.1) is 6.92 Å². The summed E-state index contributed by atoms with van der Waals surface area (Å²) in [6.07, 6.45) is -0.0907. The number of aryl methyl sites for hydroxylation is 1. The van der Waals surface area contributed by atoms with Gasteiger partial charge in [0.25, 0.3) is 0 Å². The Balaban J connectivity index is 2.39. The van der Waals surface area contributed by atoms with Crippen LogP contribution in [0.3, 0.4) is 0 Å². The van der Waals surface area contributed by atoms with Gasteiger partial charge in [0.05, 0.1) is 11.4 Å². The zero-order valence-electron chi connectivity index (χ0n) is 9.96. The van der Waals surface area contributed by atoms with Crippen LogP contribution in [0.1, 0.15) is 12.0 Å². The molecule has 1 atom stereocenters. The van der Waals surface area contributed by atoms with Crippen LogP contribution in [0.5, 0.6) is 0 Å². The lowest BCUT2D eigenvalue weighted by Gasteiger charge is -2.20. The summed E-state index contributed by atoms with van der Waals surface area (Å²) in [4.78, 5) is 13.3. The molecular formula is C11H15N3O3S. The number of anilines is 2. The molecule has 0 spiro atoms. The SMILES string of the molecule is Cc1cccc(N)c1N1CC(S(N)(=O)=O)CC1=O. The van der Waals surface area contributed by atoms with E-state index in [1.807, 2.05) is 13.0 Å². The summed E-state index contributed by atoms with van der Waals surface area (Å²) in [5.41, 5.74) is 7.71. The molecule has 1 fully saturated rings. The van der Waals surface area contributed by atoms with Crippen molar-refractivity contribution in [2.75, 3.05) is 17.2 Å². The van der Waals surface area contributed by atoms with E-state index in [1.165, 1.54) is 4.90 Å². The second-order valence-electron chi connectivity index (χ2n) is 4.43. The Kier molecular flexibility index (Phi) is 3.04. The Bertz CT molecular complexity index is 577. The van der Waals surface area contributed by atoms with Gasteiger partial charge in [-0.3, -0.25) is 4.79 Å². The number of amides is 1. The molecule has 18 heavy (non-hydrogen) atoms. The van der Waals surface area contributed by atoms with Crippen molar-refractivity contribution in [1.82, 2.24) is 0 Å². The molecule has 0 saturated carbocycles. The molecule has 0 bridgehead atoms. The van der Waals surface area contributed by atoms with Crippen molar-refractivity contribution >= 4 is 27.3 Å². The highest BCUT2D eigenvalue weighted by atomic mass is 32.2. The van der Waals surface area contributed by atoms with E-state index in [1.54, 1.807) is 12.1 Å². The highest BCUT2D eigenvalue weighted by Crippen LogP contribution is 2.31. The fourth-order valence-corrected chi connectivity index (χ4v) is 2.89. The lowest BCUT2D eigenvalue weighted by Crippen LogP contribution is -2.32. The third-order valence-electron chi connectivity index (χ3n) is 3.09. The number of benzene rings is 1. The number of nitrogen functional groups attached to an aromatic ring is 1. The smallest absolute Gasteiger partial charge is 0.228 e. The Labute approximate surface area is 106 Å². The molecule has 4 N–H and O–H groups in total. The van der Waals surface area contributed by atoms with Gasteiger partial charge in [0.1, 0.15) is 5.25 Å². The number of para-hydroxylation sites is 1. The molecule has 1 amide bonds. The topological polar surface area (TPSA) is 106 Å². The van der Waals surface area contributed by atoms with E-state index in [0.29, 0.717) is 11.4 Å². The second kappa shape index (κ2) is 4.25. The van der Waals surface area contributed by atoms with E-state index in [0.717, 1.165) is 5.56 Å². The summed E-state index contributed by atoms with van der Waals surface area (Å²) in [6, 6.07) is 5.29. The summed E-state index contributed by atoms with van der Waals surface area (Å²) in [5, 5.41) is 4.22. The van der Waals surface area contributed by atoms with E-state index >= 15 is 0 Å². The zero-order chi connectivity index (χ0) is 13.5. The maximum atomic E-state index is 11.9. The van der Waals surface area contributed by atoms with Gasteiger partial charge in [-0.15, -0.1) is 0 Å². The predicted molar refractivity (Wildman–Crippen MR) is 69.5 cm³/mol. The average Bonchev–Trinajstić information content (AvgIpc) is 2.60. The molecule has 0 radical (unpaired) electrons. The minimum atomic E-state index is -3.71. The van der Waals surface area contributed by atoms with Crippen LogP contribution in [0.15, 0.2) is 18.2 Å². The lowest BCUT2D eigenvalue weighted by atomic mass is 10.1. The number of primary sulfonamides is 1. The van der Waals surface area contributed by atoms with Crippen molar-refractivity contribution in [2.45, 2.75) is 18.6 Å². The van der Waals surface area contributed by atoms with Crippen LogP contribution in [0.25, 0.3) is 0 Å². The minimum absolute atomic E-state index is 0.0622. The number of hydrogen-bond donors (Lipinski definition) is 2. The summed E-state index contributed by atoms with van der Waals surface area (Å²) < 4.78 is 22.6. The minimum Gasteiger partial charge on any atom is -0.397 e. The van der Waals surface area contributed by atoms with Gasteiger partial charge in [-0.1, -0.05) is 12.1 Å². The molecule has 7 heteroatoms. The molecule has 98 valence electrons. The van der Waals surface area contributed by atoms with Crippen LogP contribution < -0.4 is 15.8 Å². The van der Waals surface area contributed by atoms with Gasteiger partial charge >= 0.3 is 0 Å². The lowest BCUT2D eigenvalue weighted by molar-refractivity contribution is -0.117. The maximum absolute atomic E-state index is 11.9. The number of nitrogens with zero attached hydrogens (tertiary/aromatic N) is 1. The highest BCUT2D eigenvalue weighted by molar-refractivity contribution is 7.89. The van der Waals surface area contributed by atoms with Gasteiger partial charge in [0.15, 0.2) is 0 Å². The van der Waals surface area contributed by atoms with E-state index in [-0.39, 0.29) is 18.9 Å². The molecule has 1 heterocycles. The molecular weight excluding hydrogens is 254 g/mol. The van der Waals surface area contributed by atoms with Gasteiger partial charge in [-0.25, -0.2) is 13.6 Å². The van der Waals surface area contributed by atoms with Crippen molar-refractivity contribution < 1.29 is 13.2 Å². The van der Waals surface area contributed by atoms with Crippen molar-refractivity contribution in [3.63, 3.8) is 0 Å². The van der Waals surface area contributed by atoms with Gasteiger partial charge in [-0.05, 0) is 18.6 Å². The summed E-state index contributed by atoms with van der Waals surface area (Å²) >= 11 is 0. The molecule has 0 aliphatic carbocycles. The van der Waals surface area contributed by atoms with Crippen molar-refractivity contribution in [3.8, 4) is 0 Å². The van der Waals surface area contributed by atoms with E-state index in [4.69, 9.17) is 10.9 Å². The number of hydrogen-bond acceptors (Lipinski definition) is 4. The third-order valence-corrected chi connectivity index (χ3v) is 4.34. The Morgan fingerprint density at radius 3 is 2.56 bits per heavy atom. The van der Waals surface area contributed by atoms with Crippen molar-refractivity contribution in [2.24, 2.45) is 5.14 Å². The molecule has 1 aromatic rings. The van der Waals surface area contributed by atoms with Crippen molar-refractivity contribution in [1.29, 1.82) is 0 Å². The van der Waals surface area contributed by atoms with Crippen LogP contribution in [0.4, 0.5) is 11.4 Å². The molecule has 1 aliphatic rings. The Morgan fingerprint density at radius 1 is 1.39 bits per heavy atom. The molecule has 6 nitrogen and oxygen atoms in total. The van der Waals surface area contributed by atoms with Gasteiger partial charge in [0, 0.05) is 13.0 Å². The maximum Gasteiger partial charge on any atom is 0.228 e. The van der Waals surface area contributed by atoms with Crippen LogP contribution in [0.2, 0.25) is 0 Å². The third kappa shape index (κ3) is 2.19. The first kappa shape index (κ1) is 12.8. The number of nitrogens with two attached hydrogens (primary N) is 2. The standard InChI is InChI=1S/C11H15N3O3S/c1-7-3-2-4-9(12)11(7)14-6-8(5-10(14)15)18(13,16)17/h2-4,8H,5-6,12H2,1H3,(H2,13,16,17). The first-order chi connectivity index (χ1) is 8.30. The second-order valence-corrected chi connectivity index (χ2v) is 6.28. The normalized spacial score (nSPS) is 20.4. The summed E-state index contributed by atoms with van der Waals surface area (Å²) in [7, 11) is -3.71. The zero-order valence-corrected chi connectivity index (χ0v) is 10.8. The largest absolute Gasteiger partial charge is 0.397 e. The first-order valence-corrected chi connectivity index (χ1v) is 7.08. The fraction of sp³-hybridized carbons (Fsp3) is 0.364. The molecule has 1 unspecified atom stereocenters. The molecule has 0 aromatic heterocycles. The average molecular weight is 269 g/mol. The molecule has 1 aromatic carbocycles. The van der Waals surface area contributed by atoms with Crippen LogP contribution in [-0.2, 0) is 14.8 Å². The first-order valence-electron chi connectivity index (χ1n) is 5.48. The Morgan fingerprint density at radius 2 is 2.06 bits per heavy atom. The van der Waals surface area contributed by atoms with E-state index in [2.05, 4.69) is 0 Å². The summed E-state index contributed by atoms with van der Waals surface area (Å²) in [5.74, 6) is -0.268. The Hall–Kier alpha value is -1.60. The van der Waals surface area contributed by atoms with E-state index < -0.39 is 15.3 Å². The molecule has 1 aliphatic heterocycles. The number of carbonyl (C=O) groups is 1. The monoisotopic (exact) mass is 269 g/mol. The van der Waals surface area contributed by atoms with E-state index in [9.17, 15) is 13.2 Å². The number of rotatable bonds is 2. The van der Waals surface area contributed by atoms with Gasteiger partial charge in [0.2, 0.25) is 15.9 Å². The van der Waals surface area contributed by atoms with Crippen LogP contribution in [-0.4, -0.2) is 26.1 Å². The van der Waals surface area contributed by atoms with Gasteiger partial charge in [-0.2, -0.15) is 0 Å². The van der Waals surface area contributed by atoms with Gasteiger partial charge < -0.3 is 10.6 Å². The number of sulfonamides is 1. The fourth-order valence-electron chi connectivity index (χ4n) is 2.16. The predicted octanol–water partition coefficient (Wildman–Crippen LogP) is -0.0290. The highest BCUT2D eigenvalue weighted by Gasteiger charge is 2.38. The van der Waals surface area contributed by atoms with Crippen molar-refractivity contribution in [3.05, 3.63) is 23.8 Å².